The monoisotopic (exact) mass is 423 g/mol. The zero-order chi connectivity index (χ0) is 21.4. The highest BCUT2D eigenvalue weighted by molar-refractivity contribution is 5.81. The lowest BCUT2D eigenvalue weighted by molar-refractivity contribution is 0.198. The van der Waals surface area contributed by atoms with Crippen molar-refractivity contribution in [2.24, 2.45) is 0 Å². The molecule has 10 nitrogen and oxygen atoms in total. The van der Waals surface area contributed by atoms with Crippen molar-refractivity contribution in [1.82, 2.24) is 30.0 Å². The topological polar surface area (TPSA) is 107 Å². The van der Waals surface area contributed by atoms with E-state index in [-0.39, 0.29) is 12.1 Å². The van der Waals surface area contributed by atoms with E-state index in [9.17, 15) is 5.11 Å². The van der Waals surface area contributed by atoms with E-state index in [1.807, 2.05) is 34.1 Å². The average Bonchev–Trinajstić information content (AvgIpc) is 3.40. The van der Waals surface area contributed by atoms with Crippen molar-refractivity contribution in [2.75, 3.05) is 54.4 Å². The highest BCUT2D eigenvalue weighted by Crippen LogP contribution is 2.26. The highest BCUT2D eigenvalue weighted by atomic mass is 16.3. The number of fused-ring (bicyclic) bond motifs is 1. The third kappa shape index (κ3) is 4.13. The molecule has 3 aromatic heterocycles. The first kappa shape index (κ1) is 20.0. The van der Waals surface area contributed by atoms with E-state index in [2.05, 4.69) is 39.5 Å². The molecular formula is C21H29N9O. The van der Waals surface area contributed by atoms with Gasteiger partial charge in [0.15, 0.2) is 0 Å². The van der Waals surface area contributed by atoms with E-state index in [0.29, 0.717) is 24.1 Å². The van der Waals surface area contributed by atoms with Gasteiger partial charge in [-0.1, -0.05) is 0 Å². The van der Waals surface area contributed by atoms with E-state index in [1.54, 1.807) is 0 Å². The summed E-state index contributed by atoms with van der Waals surface area (Å²) < 4.78 is 1.99. The normalized spacial score (nSPS) is 19.5. The van der Waals surface area contributed by atoms with Gasteiger partial charge in [0.1, 0.15) is 17.5 Å². The number of nitrogens with zero attached hydrogens (tertiary/aromatic N) is 7. The van der Waals surface area contributed by atoms with Crippen LogP contribution in [-0.2, 0) is 0 Å². The van der Waals surface area contributed by atoms with Gasteiger partial charge in [0.25, 0.3) is 0 Å². The molecule has 5 rings (SSSR count). The van der Waals surface area contributed by atoms with Gasteiger partial charge < -0.3 is 25.5 Å². The number of nitrogens with one attached hydrogen (secondary N) is 2. The minimum Gasteiger partial charge on any atom is -0.391 e. The Labute approximate surface area is 181 Å². The Balaban J connectivity index is 1.48. The van der Waals surface area contributed by atoms with Crippen molar-refractivity contribution in [1.29, 1.82) is 0 Å². The van der Waals surface area contributed by atoms with Gasteiger partial charge in [-0.3, -0.25) is 4.68 Å². The van der Waals surface area contributed by atoms with Gasteiger partial charge in [-0.25, -0.2) is 4.98 Å². The standard InChI is InChI=1S/C21H29N9O/c1-14(2)30-17-9-18(23-11-15(17)12-24-30)25-19-10-20(28-7-4-22-5-8-28)27-21(26-19)29-6-3-16(31)13-29/h9-12,14,16,22,31H,3-8,13H2,1-2H3,(H,23,25,26,27). The van der Waals surface area contributed by atoms with Gasteiger partial charge in [0, 0.05) is 69.0 Å². The average molecular weight is 424 g/mol. The maximum atomic E-state index is 9.98. The molecule has 0 aliphatic carbocycles. The lowest BCUT2D eigenvalue weighted by atomic mass is 10.3. The predicted molar refractivity (Wildman–Crippen MR) is 121 cm³/mol. The van der Waals surface area contributed by atoms with Crippen LogP contribution in [0, 0.1) is 0 Å². The van der Waals surface area contributed by atoms with Crippen LogP contribution in [0.2, 0.25) is 0 Å². The number of pyridine rings is 1. The number of aliphatic hydroxyl groups is 1. The molecule has 2 saturated heterocycles. The number of β-amino-alcohol motifs (C(OH)–C–C–N with tert-alkyl or cyclic N) is 1. The molecule has 5 heterocycles. The van der Waals surface area contributed by atoms with Crippen molar-refractivity contribution < 1.29 is 5.11 Å². The Morgan fingerprint density at radius 1 is 1.06 bits per heavy atom. The molecule has 3 N–H and O–H groups in total. The summed E-state index contributed by atoms with van der Waals surface area (Å²) in [5.74, 6) is 2.95. The van der Waals surface area contributed by atoms with E-state index in [4.69, 9.17) is 9.97 Å². The molecule has 0 bridgehead atoms. The number of anilines is 4. The highest BCUT2D eigenvalue weighted by Gasteiger charge is 2.24. The fourth-order valence-corrected chi connectivity index (χ4v) is 4.16. The number of aliphatic hydroxyl groups excluding tert-OH is 1. The smallest absolute Gasteiger partial charge is 0.229 e. The van der Waals surface area contributed by atoms with Gasteiger partial charge in [-0.05, 0) is 20.3 Å². The second kappa shape index (κ2) is 8.27. The first-order valence-corrected chi connectivity index (χ1v) is 10.9. The summed E-state index contributed by atoms with van der Waals surface area (Å²) in [6.07, 6.45) is 4.08. The van der Waals surface area contributed by atoms with Gasteiger partial charge in [0.05, 0.1) is 17.8 Å². The molecule has 2 aliphatic heterocycles. The van der Waals surface area contributed by atoms with Crippen LogP contribution in [0.25, 0.3) is 10.9 Å². The maximum Gasteiger partial charge on any atom is 0.229 e. The van der Waals surface area contributed by atoms with Gasteiger partial charge >= 0.3 is 0 Å². The molecule has 164 valence electrons. The molecule has 0 radical (unpaired) electrons. The second-order valence-corrected chi connectivity index (χ2v) is 8.47. The lowest BCUT2D eigenvalue weighted by Gasteiger charge is -2.29. The summed E-state index contributed by atoms with van der Waals surface area (Å²) in [5, 5.41) is 22.2. The number of aromatic nitrogens is 5. The van der Waals surface area contributed by atoms with E-state index in [0.717, 1.165) is 55.9 Å². The van der Waals surface area contributed by atoms with E-state index >= 15 is 0 Å². The Hall–Kier alpha value is -2.98. The third-order valence-electron chi connectivity index (χ3n) is 5.81. The van der Waals surface area contributed by atoms with Crippen LogP contribution < -0.4 is 20.4 Å². The second-order valence-electron chi connectivity index (χ2n) is 8.47. The molecular weight excluding hydrogens is 394 g/mol. The molecule has 2 fully saturated rings. The minimum absolute atomic E-state index is 0.263. The number of hydrogen-bond acceptors (Lipinski definition) is 9. The summed E-state index contributed by atoms with van der Waals surface area (Å²) in [5.41, 5.74) is 1.03. The minimum atomic E-state index is -0.330. The SMILES string of the molecule is CC(C)n1ncc2cnc(Nc3cc(N4CCNCC4)nc(N4CCC(O)C4)n3)cc21. The van der Waals surface area contributed by atoms with E-state index < -0.39 is 0 Å². The summed E-state index contributed by atoms with van der Waals surface area (Å²) in [7, 11) is 0. The van der Waals surface area contributed by atoms with Crippen molar-refractivity contribution in [3.05, 3.63) is 24.5 Å². The summed E-state index contributed by atoms with van der Waals surface area (Å²) in [6.45, 7) is 9.20. The Morgan fingerprint density at radius 3 is 2.65 bits per heavy atom. The van der Waals surface area contributed by atoms with Crippen LogP contribution >= 0.6 is 0 Å². The van der Waals surface area contributed by atoms with Crippen LogP contribution in [0.4, 0.5) is 23.4 Å². The van der Waals surface area contributed by atoms with Crippen LogP contribution in [0.5, 0.6) is 0 Å². The van der Waals surface area contributed by atoms with Gasteiger partial charge in [-0.15, -0.1) is 0 Å². The lowest BCUT2D eigenvalue weighted by Crippen LogP contribution is -2.44. The summed E-state index contributed by atoms with van der Waals surface area (Å²) in [6, 6.07) is 4.25. The molecule has 0 spiro atoms. The molecule has 0 amide bonds. The maximum absolute atomic E-state index is 9.98. The Bertz CT molecular complexity index is 1040. The first-order chi connectivity index (χ1) is 15.1. The Kier molecular flexibility index (Phi) is 5.33. The molecule has 10 heteroatoms. The number of hydrogen-bond donors (Lipinski definition) is 3. The quantitative estimate of drug-likeness (QED) is 0.563. The zero-order valence-electron chi connectivity index (χ0n) is 18.0. The molecule has 3 aromatic rings. The molecule has 31 heavy (non-hydrogen) atoms. The molecule has 0 saturated carbocycles. The van der Waals surface area contributed by atoms with Crippen molar-refractivity contribution >= 4 is 34.3 Å². The zero-order valence-corrected chi connectivity index (χ0v) is 18.0. The molecule has 2 aliphatic rings. The fourth-order valence-electron chi connectivity index (χ4n) is 4.16. The van der Waals surface area contributed by atoms with Crippen LogP contribution in [0.15, 0.2) is 24.5 Å². The molecule has 1 atom stereocenters. The first-order valence-electron chi connectivity index (χ1n) is 10.9. The van der Waals surface area contributed by atoms with Crippen LogP contribution in [-0.4, -0.2) is 75.2 Å². The van der Waals surface area contributed by atoms with Crippen LogP contribution in [0.1, 0.15) is 26.3 Å². The molecule has 0 aromatic carbocycles. The van der Waals surface area contributed by atoms with Crippen molar-refractivity contribution in [3.63, 3.8) is 0 Å². The summed E-state index contributed by atoms with van der Waals surface area (Å²) in [4.78, 5) is 18.4. The van der Waals surface area contributed by atoms with Crippen LogP contribution in [0.3, 0.4) is 0 Å². The third-order valence-corrected chi connectivity index (χ3v) is 5.81. The molecule has 1 unspecified atom stereocenters. The number of rotatable bonds is 5. The number of piperazine rings is 1. The van der Waals surface area contributed by atoms with Gasteiger partial charge in [0.2, 0.25) is 5.95 Å². The van der Waals surface area contributed by atoms with Crippen molar-refractivity contribution in [2.45, 2.75) is 32.4 Å². The summed E-state index contributed by atoms with van der Waals surface area (Å²) >= 11 is 0. The predicted octanol–water partition coefficient (Wildman–Crippen LogP) is 1.53. The van der Waals surface area contributed by atoms with E-state index in [1.165, 1.54) is 0 Å². The Morgan fingerprint density at radius 2 is 1.90 bits per heavy atom. The fraction of sp³-hybridized carbons (Fsp3) is 0.524. The van der Waals surface area contributed by atoms with Crippen molar-refractivity contribution in [3.8, 4) is 0 Å². The van der Waals surface area contributed by atoms with Gasteiger partial charge in [-0.2, -0.15) is 15.1 Å². The largest absolute Gasteiger partial charge is 0.391 e.